The highest BCUT2D eigenvalue weighted by atomic mass is 16.5. The second-order valence-electron chi connectivity index (χ2n) is 5.21. The lowest BCUT2D eigenvalue weighted by atomic mass is 10.1. The summed E-state index contributed by atoms with van der Waals surface area (Å²) in [6.07, 6.45) is -0.398. The Balaban J connectivity index is 1.95. The van der Waals surface area contributed by atoms with Crippen LogP contribution in [0.15, 0.2) is 24.3 Å². The number of anilines is 1. The maximum absolute atomic E-state index is 12.1. The van der Waals surface area contributed by atoms with Crippen molar-refractivity contribution in [1.29, 1.82) is 0 Å². The predicted molar refractivity (Wildman–Crippen MR) is 84.3 cm³/mol. The van der Waals surface area contributed by atoms with Crippen LogP contribution in [0.1, 0.15) is 19.4 Å². The molecule has 5 heteroatoms. The van der Waals surface area contributed by atoms with Gasteiger partial charge in [-0.15, -0.1) is 0 Å². The molecule has 0 spiro atoms. The SMILES string of the molecule is CCN(CC)Cc1cccc(NC(=O)C2CNCCO2)c1. The monoisotopic (exact) mass is 291 g/mol. The van der Waals surface area contributed by atoms with Crippen LogP contribution in [0.2, 0.25) is 0 Å². The van der Waals surface area contributed by atoms with E-state index in [2.05, 4.69) is 35.4 Å². The molecule has 1 amide bonds. The molecule has 1 aromatic rings. The van der Waals surface area contributed by atoms with Crippen molar-refractivity contribution in [3.05, 3.63) is 29.8 Å². The van der Waals surface area contributed by atoms with E-state index in [1.807, 2.05) is 18.2 Å². The Hall–Kier alpha value is -1.43. The van der Waals surface area contributed by atoms with Gasteiger partial charge in [-0.1, -0.05) is 26.0 Å². The van der Waals surface area contributed by atoms with Crippen LogP contribution in [0.5, 0.6) is 0 Å². The zero-order chi connectivity index (χ0) is 15.1. The average molecular weight is 291 g/mol. The lowest BCUT2D eigenvalue weighted by Crippen LogP contribution is -2.45. The van der Waals surface area contributed by atoms with Crippen LogP contribution >= 0.6 is 0 Å². The maximum atomic E-state index is 12.1. The largest absolute Gasteiger partial charge is 0.366 e. The molecule has 1 fully saturated rings. The fourth-order valence-electron chi connectivity index (χ4n) is 2.41. The molecule has 1 aliphatic rings. The molecule has 1 saturated heterocycles. The third-order valence-corrected chi connectivity index (χ3v) is 3.72. The molecule has 0 aliphatic carbocycles. The minimum absolute atomic E-state index is 0.0813. The summed E-state index contributed by atoms with van der Waals surface area (Å²) >= 11 is 0. The Morgan fingerprint density at radius 3 is 2.90 bits per heavy atom. The fourth-order valence-corrected chi connectivity index (χ4v) is 2.41. The molecular weight excluding hydrogens is 266 g/mol. The van der Waals surface area contributed by atoms with Gasteiger partial charge in [-0.25, -0.2) is 0 Å². The van der Waals surface area contributed by atoms with Gasteiger partial charge in [-0.05, 0) is 30.8 Å². The van der Waals surface area contributed by atoms with Crippen LogP contribution in [-0.4, -0.2) is 49.7 Å². The molecular formula is C16H25N3O2. The third kappa shape index (κ3) is 4.81. The number of hydrogen-bond donors (Lipinski definition) is 2. The molecule has 5 nitrogen and oxygen atoms in total. The number of amides is 1. The molecule has 0 saturated carbocycles. The van der Waals surface area contributed by atoms with Crippen molar-refractivity contribution >= 4 is 11.6 Å². The van der Waals surface area contributed by atoms with E-state index in [4.69, 9.17) is 4.74 Å². The van der Waals surface area contributed by atoms with Gasteiger partial charge in [-0.2, -0.15) is 0 Å². The summed E-state index contributed by atoms with van der Waals surface area (Å²) in [6, 6.07) is 8.02. The van der Waals surface area contributed by atoms with Gasteiger partial charge in [0.2, 0.25) is 0 Å². The van der Waals surface area contributed by atoms with E-state index in [1.54, 1.807) is 0 Å². The van der Waals surface area contributed by atoms with Gasteiger partial charge in [0.25, 0.3) is 5.91 Å². The second kappa shape index (κ2) is 8.12. The van der Waals surface area contributed by atoms with Crippen molar-refractivity contribution in [2.75, 3.05) is 38.1 Å². The summed E-state index contributed by atoms with van der Waals surface area (Å²) in [4.78, 5) is 14.5. The van der Waals surface area contributed by atoms with Crippen molar-refractivity contribution in [3.63, 3.8) is 0 Å². The number of nitrogens with zero attached hydrogens (tertiary/aromatic N) is 1. The van der Waals surface area contributed by atoms with Gasteiger partial charge in [0.05, 0.1) is 6.61 Å². The van der Waals surface area contributed by atoms with Gasteiger partial charge in [0.1, 0.15) is 6.10 Å². The van der Waals surface area contributed by atoms with Crippen molar-refractivity contribution in [3.8, 4) is 0 Å². The van der Waals surface area contributed by atoms with E-state index in [0.717, 1.165) is 31.9 Å². The van der Waals surface area contributed by atoms with E-state index in [9.17, 15) is 4.79 Å². The summed E-state index contributed by atoms with van der Waals surface area (Å²) in [5.41, 5.74) is 2.04. The first-order chi connectivity index (χ1) is 10.2. The summed E-state index contributed by atoms with van der Waals surface area (Å²) in [7, 11) is 0. The maximum Gasteiger partial charge on any atom is 0.254 e. The highest BCUT2D eigenvalue weighted by Gasteiger charge is 2.21. The number of nitrogens with one attached hydrogen (secondary N) is 2. The lowest BCUT2D eigenvalue weighted by molar-refractivity contribution is -0.128. The second-order valence-corrected chi connectivity index (χ2v) is 5.21. The number of hydrogen-bond acceptors (Lipinski definition) is 4. The van der Waals surface area contributed by atoms with Gasteiger partial charge >= 0.3 is 0 Å². The van der Waals surface area contributed by atoms with E-state index in [0.29, 0.717) is 13.2 Å². The quantitative estimate of drug-likeness (QED) is 0.833. The summed E-state index contributed by atoms with van der Waals surface area (Å²) in [6.45, 7) is 9.22. The van der Waals surface area contributed by atoms with Crippen LogP contribution in [0.4, 0.5) is 5.69 Å². The van der Waals surface area contributed by atoms with Crippen molar-refractivity contribution in [1.82, 2.24) is 10.2 Å². The van der Waals surface area contributed by atoms with Crippen molar-refractivity contribution in [2.24, 2.45) is 0 Å². The number of ether oxygens (including phenoxy) is 1. The minimum Gasteiger partial charge on any atom is -0.366 e. The summed E-state index contributed by atoms with van der Waals surface area (Å²) < 4.78 is 5.46. The number of carbonyl (C=O) groups excluding carboxylic acids is 1. The molecule has 0 radical (unpaired) electrons. The zero-order valence-electron chi connectivity index (χ0n) is 12.9. The zero-order valence-corrected chi connectivity index (χ0v) is 12.9. The van der Waals surface area contributed by atoms with Crippen molar-refractivity contribution < 1.29 is 9.53 Å². The molecule has 2 N–H and O–H groups in total. The van der Waals surface area contributed by atoms with Crippen LogP contribution in [0.3, 0.4) is 0 Å². The fraction of sp³-hybridized carbons (Fsp3) is 0.562. The van der Waals surface area contributed by atoms with Crippen molar-refractivity contribution in [2.45, 2.75) is 26.5 Å². The standard InChI is InChI=1S/C16H25N3O2/c1-3-19(4-2)12-13-6-5-7-14(10-13)18-16(20)15-11-17-8-9-21-15/h5-7,10,15,17H,3-4,8-9,11-12H2,1-2H3,(H,18,20). The smallest absolute Gasteiger partial charge is 0.254 e. The highest BCUT2D eigenvalue weighted by Crippen LogP contribution is 2.13. The van der Waals surface area contributed by atoms with Crippen LogP contribution in [0.25, 0.3) is 0 Å². The minimum atomic E-state index is -0.398. The Bertz CT molecular complexity index is 455. The van der Waals surface area contributed by atoms with E-state index in [-0.39, 0.29) is 5.91 Å². The molecule has 1 unspecified atom stereocenters. The molecule has 1 aliphatic heterocycles. The first kappa shape index (κ1) is 15.9. The molecule has 2 rings (SSSR count). The first-order valence-electron chi connectivity index (χ1n) is 7.67. The Morgan fingerprint density at radius 2 is 2.24 bits per heavy atom. The topological polar surface area (TPSA) is 53.6 Å². The average Bonchev–Trinajstić information content (AvgIpc) is 2.53. The first-order valence-corrected chi connectivity index (χ1v) is 7.67. The molecule has 1 aromatic carbocycles. The Labute approximate surface area is 126 Å². The normalized spacial score (nSPS) is 18.7. The molecule has 0 aromatic heterocycles. The molecule has 1 atom stereocenters. The predicted octanol–water partition coefficient (Wildman–Crippen LogP) is 1.46. The number of carbonyl (C=O) groups is 1. The van der Waals surface area contributed by atoms with E-state index in [1.165, 1.54) is 5.56 Å². The van der Waals surface area contributed by atoms with Gasteiger partial charge in [0.15, 0.2) is 0 Å². The number of benzene rings is 1. The summed E-state index contributed by atoms with van der Waals surface area (Å²) in [5, 5.41) is 6.10. The number of morpholine rings is 1. The lowest BCUT2D eigenvalue weighted by Gasteiger charge is -2.23. The summed E-state index contributed by atoms with van der Waals surface area (Å²) in [5.74, 6) is -0.0813. The van der Waals surface area contributed by atoms with Crippen LogP contribution in [-0.2, 0) is 16.1 Å². The van der Waals surface area contributed by atoms with E-state index >= 15 is 0 Å². The highest BCUT2D eigenvalue weighted by molar-refractivity contribution is 5.94. The Kier molecular flexibility index (Phi) is 6.17. The van der Waals surface area contributed by atoms with Gasteiger partial charge in [0, 0.05) is 25.3 Å². The van der Waals surface area contributed by atoms with E-state index < -0.39 is 6.10 Å². The number of rotatable bonds is 6. The molecule has 116 valence electrons. The molecule has 1 heterocycles. The van der Waals surface area contributed by atoms with Gasteiger partial charge in [-0.3, -0.25) is 9.69 Å². The van der Waals surface area contributed by atoms with Crippen LogP contribution < -0.4 is 10.6 Å². The van der Waals surface area contributed by atoms with Crippen LogP contribution in [0, 0.1) is 0 Å². The molecule has 0 bridgehead atoms. The molecule has 21 heavy (non-hydrogen) atoms. The Morgan fingerprint density at radius 1 is 1.43 bits per heavy atom. The van der Waals surface area contributed by atoms with Gasteiger partial charge < -0.3 is 15.4 Å². The third-order valence-electron chi connectivity index (χ3n) is 3.72.